The van der Waals surface area contributed by atoms with Crippen LogP contribution < -0.4 is 16.3 Å². The van der Waals surface area contributed by atoms with Crippen LogP contribution in [0.25, 0.3) is 0 Å². The molecule has 2 aliphatic rings. The molecule has 0 aliphatic carbocycles. The topological polar surface area (TPSA) is 135 Å². The van der Waals surface area contributed by atoms with Crippen molar-refractivity contribution in [3.05, 3.63) is 33.9 Å². The van der Waals surface area contributed by atoms with E-state index < -0.39 is 56.5 Å². The lowest BCUT2D eigenvalue weighted by atomic mass is 9.89. The van der Waals surface area contributed by atoms with Gasteiger partial charge in [-0.3, -0.25) is 4.57 Å². The minimum Gasteiger partial charge on any atom is -0.414 e. The Morgan fingerprint density at radius 1 is 1.10 bits per heavy atom. The maximum absolute atomic E-state index is 13.3. The standard InChI is InChI=1S/C25H46N4O7SSi2/c1-23(2,3)38(9,10)33-15-18-25(17(26)16-37(31,32)36-25)20(35-39(11,12)24(4,5)6)21(34-18)29-14-13-19(28(7)8)27-22(29)30/h13-14,16,18,20-21H,15,26H2,1-12H3/t18?,20-,21+,25?/m0/s1. The van der Waals surface area contributed by atoms with Gasteiger partial charge in [0.25, 0.3) is 10.1 Å². The van der Waals surface area contributed by atoms with Gasteiger partial charge in [-0.25, -0.2) is 8.98 Å². The smallest absolute Gasteiger partial charge is 0.351 e. The second-order valence-electron chi connectivity index (χ2n) is 13.7. The summed E-state index contributed by atoms with van der Waals surface area (Å²) in [5.41, 5.74) is 4.16. The third-order valence-corrected chi connectivity index (χ3v) is 18.6. The highest BCUT2D eigenvalue weighted by atomic mass is 32.2. The van der Waals surface area contributed by atoms with Gasteiger partial charge in [-0.1, -0.05) is 41.5 Å². The molecule has 0 radical (unpaired) electrons. The molecule has 2 aliphatic heterocycles. The number of rotatable bonds is 7. The highest BCUT2D eigenvalue weighted by molar-refractivity contribution is 7.90. The van der Waals surface area contributed by atoms with Crippen molar-refractivity contribution in [2.45, 2.75) is 102 Å². The molecule has 0 saturated carbocycles. The van der Waals surface area contributed by atoms with Gasteiger partial charge in [0.05, 0.1) is 17.7 Å². The number of aromatic nitrogens is 2. The van der Waals surface area contributed by atoms with Crippen molar-refractivity contribution < 1.29 is 26.2 Å². The van der Waals surface area contributed by atoms with E-state index >= 15 is 0 Å². The molecule has 2 unspecified atom stereocenters. The Kier molecular flexibility index (Phi) is 8.25. The summed E-state index contributed by atoms with van der Waals surface area (Å²) in [5, 5.41) is 0.556. The molecule has 1 fully saturated rings. The average Bonchev–Trinajstić information content (AvgIpc) is 3.17. The minimum absolute atomic E-state index is 0.00632. The lowest BCUT2D eigenvalue weighted by molar-refractivity contribution is -0.0562. The van der Waals surface area contributed by atoms with Gasteiger partial charge in [-0.15, -0.1) is 0 Å². The summed E-state index contributed by atoms with van der Waals surface area (Å²) in [4.78, 5) is 19.2. The lowest BCUT2D eigenvalue weighted by Crippen LogP contribution is -2.59. The van der Waals surface area contributed by atoms with Crippen LogP contribution in [0.5, 0.6) is 0 Å². The maximum atomic E-state index is 13.3. The van der Waals surface area contributed by atoms with Gasteiger partial charge in [-0.05, 0) is 42.3 Å². The number of hydrogen-bond acceptors (Lipinski definition) is 10. The second-order valence-corrected chi connectivity index (χ2v) is 24.7. The molecule has 2 N–H and O–H groups in total. The van der Waals surface area contributed by atoms with E-state index in [-0.39, 0.29) is 22.4 Å². The van der Waals surface area contributed by atoms with Crippen LogP contribution in [-0.2, 0) is 27.9 Å². The van der Waals surface area contributed by atoms with Gasteiger partial charge in [0.1, 0.15) is 18.0 Å². The predicted octanol–water partition coefficient (Wildman–Crippen LogP) is 3.52. The number of ether oxygens (including phenoxy) is 1. The summed E-state index contributed by atoms with van der Waals surface area (Å²) in [6.45, 7) is 20.8. The fourth-order valence-corrected chi connectivity index (χ4v) is 7.57. The maximum Gasteiger partial charge on any atom is 0.351 e. The quantitative estimate of drug-likeness (QED) is 0.365. The van der Waals surface area contributed by atoms with Crippen molar-refractivity contribution in [3.8, 4) is 0 Å². The van der Waals surface area contributed by atoms with E-state index in [9.17, 15) is 13.2 Å². The van der Waals surface area contributed by atoms with E-state index in [1.807, 2.05) is 13.1 Å². The molecule has 0 aromatic carbocycles. The van der Waals surface area contributed by atoms with Gasteiger partial charge in [0.2, 0.25) is 0 Å². The molecule has 3 rings (SSSR count). The van der Waals surface area contributed by atoms with Crippen LogP contribution in [0.3, 0.4) is 0 Å². The average molecular weight is 603 g/mol. The zero-order chi connectivity index (χ0) is 30.0. The van der Waals surface area contributed by atoms with Crippen LogP contribution in [0.4, 0.5) is 5.82 Å². The normalized spacial score (nSPS) is 27.7. The Morgan fingerprint density at radius 2 is 1.67 bits per heavy atom. The van der Waals surface area contributed by atoms with Crippen LogP contribution in [-0.4, -0.2) is 73.1 Å². The Bertz CT molecular complexity index is 1280. The predicted molar refractivity (Wildman–Crippen MR) is 157 cm³/mol. The van der Waals surface area contributed by atoms with Gasteiger partial charge >= 0.3 is 5.69 Å². The molecule has 0 bridgehead atoms. The van der Waals surface area contributed by atoms with Crippen LogP contribution in [0, 0.1) is 0 Å². The van der Waals surface area contributed by atoms with Crippen molar-refractivity contribution in [1.29, 1.82) is 0 Å². The summed E-state index contributed by atoms with van der Waals surface area (Å²) < 4.78 is 52.7. The van der Waals surface area contributed by atoms with Crippen LogP contribution in [0.2, 0.25) is 36.3 Å². The van der Waals surface area contributed by atoms with E-state index in [0.717, 1.165) is 5.41 Å². The lowest BCUT2D eigenvalue weighted by Gasteiger charge is -2.43. The number of hydrogen-bond donors (Lipinski definition) is 1. The first-order valence-electron chi connectivity index (χ1n) is 13.1. The molecule has 11 nitrogen and oxygen atoms in total. The monoisotopic (exact) mass is 602 g/mol. The third-order valence-electron chi connectivity index (χ3n) is 8.62. The Morgan fingerprint density at radius 3 is 2.10 bits per heavy atom. The first kappa shape index (κ1) is 32.0. The molecule has 4 atom stereocenters. The molecule has 1 saturated heterocycles. The molecule has 39 heavy (non-hydrogen) atoms. The van der Waals surface area contributed by atoms with Crippen LogP contribution >= 0.6 is 0 Å². The highest BCUT2D eigenvalue weighted by Crippen LogP contribution is 2.52. The van der Waals surface area contributed by atoms with Gasteiger partial charge < -0.3 is 24.2 Å². The number of nitrogens with two attached hydrogens (primary N) is 1. The number of anilines is 1. The summed E-state index contributed by atoms with van der Waals surface area (Å²) in [6.07, 6.45) is -1.53. The second kappa shape index (κ2) is 10.1. The van der Waals surface area contributed by atoms with Gasteiger partial charge in [0.15, 0.2) is 28.5 Å². The Balaban J connectivity index is 2.21. The van der Waals surface area contributed by atoms with Crippen molar-refractivity contribution in [3.63, 3.8) is 0 Å². The third kappa shape index (κ3) is 5.92. The van der Waals surface area contributed by atoms with E-state index in [4.69, 9.17) is 23.5 Å². The molecular weight excluding hydrogens is 557 g/mol. The largest absolute Gasteiger partial charge is 0.414 e. The van der Waals surface area contributed by atoms with Crippen molar-refractivity contribution in [1.82, 2.24) is 9.55 Å². The highest BCUT2D eigenvalue weighted by Gasteiger charge is 2.67. The van der Waals surface area contributed by atoms with E-state index in [0.29, 0.717) is 5.82 Å². The zero-order valence-electron chi connectivity index (χ0n) is 25.4. The molecule has 1 aromatic heterocycles. The van der Waals surface area contributed by atoms with E-state index in [1.165, 1.54) is 4.57 Å². The SMILES string of the molecule is CN(C)c1ccn([C@@H]2OC(CO[Si](C)(C)C(C)(C)C)C3(OS(=O)(=O)C=C3N)[C@H]2O[Si](C)(C)C(C)(C)C)c(=O)n1. The minimum atomic E-state index is -4.15. The van der Waals surface area contributed by atoms with Crippen molar-refractivity contribution in [2.75, 3.05) is 25.6 Å². The summed E-state index contributed by atoms with van der Waals surface area (Å²) >= 11 is 0. The summed E-state index contributed by atoms with van der Waals surface area (Å²) in [5.74, 6) is 0.475. The van der Waals surface area contributed by atoms with Crippen molar-refractivity contribution >= 4 is 32.6 Å². The Labute approximate surface area is 235 Å². The molecule has 1 spiro atoms. The van der Waals surface area contributed by atoms with Crippen LogP contribution in [0.1, 0.15) is 47.8 Å². The van der Waals surface area contributed by atoms with E-state index in [1.54, 1.807) is 31.3 Å². The first-order chi connectivity index (χ1) is 17.5. The Hall–Kier alpha value is -1.56. The fraction of sp³-hybridized carbons (Fsp3) is 0.760. The first-order valence-corrected chi connectivity index (χ1v) is 20.4. The van der Waals surface area contributed by atoms with Gasteiger partial charge in [0, 0.05) is 20.3 Å². The fourth-order valence-electron chi connectivity index (χ4n) is 4.06. The number of nitrogens with zero attached hydrogens (tertiary/aromatic N) is 3. The molecule has 14 heteroatoms. The molecule has 3 heterocycles. The summed E-state index contributed by atoms with van der Waals surface area (Å²) in [7, 11) is -5.46. The molecule has 0 amide bonds. The molecule has 1 aromatic rings. The molecule has 222 valence electrons. The molecular formula is C25H46N4O7SSi2. The summed E-state index contributed by atoms with van der Waals surface area (Å²) in [6, 6.07) is 1.69. The van der Waals surface area contributed by atoms with Crippen molar-refractivity contribution in [2.24, 2.45) is 5.73 Å². The van der Waals surface area contributed by atoms with Crippen LogP contribution in [0.15, 0.2) is 28.2 Å². The van der Waals surface area contributed by atoms with E-state index in [2.05, 4.69) is 59.6 Å². The van der Waals surface area contributed by atoms with Gasteiger partial charge in [-0.2, -0.15) is 13.4 Å². The zero-order valence-corrected chi connectivity index (χ0v) is 28.2.